The molecule has 0 saturated heterocycles. The van der Waals surface area contributed by atoms with E-state index in [1.54, 1.807) is 0 Å². The second kappa shape index (κ2) is 45.3. The first-order valence-corrected chi connectivity index (χ1v) is 49.5. The maximum Gasteiger partial charge on any atom is -0.00203 e. The zero-order chi connectivity index (χ0) is 98.5. The normalized spacial score (nSPS) is 11.2. The lowest BCUT2D eigenvalue weighted by molar-refractivity contribution is 0.469. The third kappa shape index (κ3) is 26.1. The van der Waals surface area contributed by atoms with Crippen LogP contribution in [-0.2, 0) is 0 Å². The van der Waals surface area contributed by atoms with Crippen LogP contribution in [0.5, 0.6) is 0 Å². The summed E-state index contributed by atoms with van der Waals surface area (Å²) in [6, 6.07) is 174. The van der Waals surface area contributed by atoms with Crippen molar-refractivity contribution in [1.82, 2.24) is 0 Å². The molecule has 0 unspecified atom stereocenters. The topological polar surface area (TPSA) is 0 Å². The first-order valence-electron chi connectivity index (χ1n) is 49.5. The van der Waals surface area contributed by atoms with Gasteiger partial charge in [0.15, 0.2) is 0 Å². The Balaban J connectivity index is 0.000000127. The number of aryl methyl sites for hydroxylation is 2. The van der Waals surface area contributed by atoms with Gasteiger partial charge in [-0.2, -0.15) is 0 Å². The molecule has 0 radical (unpaired) electrons. The molecule has 0 N–H and O–H groups in total. The molecule has 0 aromatic heterocycles. The summed E-state index contributed by atoms with van der Waals surface area (Å²) in [7, 11) is 0. The summed E-state index contributed by atoms with van der Waals surface area (Å²) in [6.45, 7) is 39.2. The molecule has 0 atom stereocenters. The second-order valence-electron chi connectivity index (χ2n) is 42.9. The summed E-state index contributed by atoms with van der Waals surface area (Å²) in [6.07, 6.45) is 0. The maximum absolute atomic E-state index is 2.36. The summed E-state index contributed by atoms with van der Waals surface area (Å²) in [4.78, 5) is 0. The molecule has 0 aliphatic heterocycles. The first-order chi connectivity index (χ1) is 67.4. The molecule has 0 aliphatic rings. The molecular weight excluding hydrogens is 1680 g/mol. The van der Waals surface area contributed by atoms with Crippen molar-refractivity contribution < 1.29 is 0 Å². The van der Waals surface area contributed by atoms with Crippen LogP contribution in [-0.4, -0.2) is 0 Å². The molecule has 0 fully saturated rings. The SMILES string of the molecule is CC(C)(C)C.CC(C)(C)C.CC(C)(C)C.CC(C)(C)C.Cc1ccccc1.Cc1ccccc1.c1ccc(-c2cc3c4ccccc4ccc3c3ccccc23)cc1.c1ccc(-c2ccc3ccc4c(-c5ccccc5)ccc5ccc2c3c54)cc1.c1ccc(-c2ccc3ccc4c(-c5ccccc5)ccc5ccc2c3c54)cc1.c1ccc(-c2ccc3ccc4c(-c5ccccc5)cccc4c3c2)cc1. The van der Waals surface area contributed by atoms with E-state index in [2.05, 4.69) is 574 Å². The first kappa shape index (κ1) is 99.1. The lowest BCUT2D eigenvalue weighted by Gasteiger charge is -2.16. The minimum absolute atomic E-state index is 0.500. The molecule has 0 nitrogen and oxygen atoms in total. The van der Waals surface area contributed by atoms with E-state index in [1.807, 2.05) is 36.4 Å². The van der Waals surface area contributed by atoms with E-state index >= 15 is 0 Å². The van der Waals surface area contributed by atoms with Crippen LogP contribution in [0.2, 0.25) is 0 Å². The Hall–Kier alpha value is -15.3. The minimum Gasteiger partial charge on any atom is -0.0622 e. The highest BCUT2D eigenvalue weighted by Gasteiger charge is 2.19. The van der Waals surface area contributed by atoms with Gasteiger partial charge in [-0.05, 0) is 244 Å². The molecule has 0 saturated carbocycles. The second-order valence-corrected chi connectivity index (χ2v) is 42.9. The average molecular weight is 1820 g/mol. The van der Waals surface area contributed by atoms with Gasteiger partial charge in [0.05, 0.1) is 0 Å². The summed E-state index contributed by atoms with van der Waals surface area (Å²) in [5, 5.41) is 29.1. The van der Waals surface area contributed by atoms with E-state index in [-0.39, 0.29) is 0 Å². The highest BCUT2D eigenvalue weighted by Crippen LogP contribution is 2.46. The third-order valence-corrected chi connectivity index (χ3v) is 23.5. The molecule has 0 heterocycles. The fraction of sp³-hybridized carbons (Fsp3) is 0.157. The summed E-state index contributed by atoms with van der Waals surface area (Å²) < 4.78 is 0. The van der Waals surface area contributed by atoms with Crippen molar-refractivity contribution in [3.05, 3.63) is 496 Å². The molecule has 24 aromatic carbocycles. The van der Waals surface area contributed by atoms with Gasteiger partial charge in [-0.15, -0.1) is 0 Å². The van der Waals surface area contributed by atoms with Crippen LogP contribution in [0.4, 0.5) is 0 Å². The van der Waals surface area contributed by atoms with Crippen molar-refractivity contribution in [2.45, 2.75) is 125 Å². The van der Waals surface area contributed by atoms with Crippen LogP contribution < -0.4 is 0 Å². The number of benzene rings is 24. The predicted molar refractivity (Wildman–Crippen MR) is 622 cm³/mol. The van der Waals surface area contributed by atoms with Gasteiger partial charge < -0.3 is 0 Å². The van der Waals surface area contributed by atoms with Gasteiger partial charge in [0.1, 0.15) is 0 Å². The predicted octanol–water partition coefficient (Wildman–Crippen LogP) is 42.2. The van der Waals surface area contributed by atoms with Crippen LogP contribution in [0.25, 0.3) is 196 Å². The van der Waals surface area contributed by atoms with Crippen molar-refractivity contribution in [2.24, 2.45) is 21.7 Å². The van der Waals surface area contributed by atoms with E-state index in [9.17, 15) is 0 Å². The number of hydrogen-bond acceptors (Lipinski definition) is 0. The Morgan fingerprint density at radius 2 is 0.321 bits per heavy atom. The summed E-state index contributed by atoms with van der Waals surface area (Å²) >= 11 is 0. The van der Waals surface area contributed by atoms with Crippen LogP contribution in [0.15, 0.2) is 485 Å². The van der Waals surface area contributed by atoms with E-state index in [4.69, 9.17) is 0 Å². The Morgan fingerprint density at radius 1 is 0.114 bits per heavy atom. The maximum atomic E-state index is 2.36. The molecule has 0 aliphatic carbocycles. The quantitative estimate of drug-likeness (QED) is 0.140. The molecule has 140 heavy (non-hydrogen) atoms. The van der Waals surface area contributed by atoms with Crippen molar-refractivity contribution >= 4 is 118 Å². The monoisotopic (exact) mass is 1820 g/mol. The Labute approximate surface area is 833 Å². The number of rotatable bonds is 7. The van der Waals surface area contributed by atoms with Gasteiger partial charge in [0.25, 0.3) is 0 Å². The van der Waals surface area contributed by atoms with Gasteiger partial charge >= 0.3 is 0 Å². The van der Waals surface area contributed by atoms with Crippen LogP contribution in [0.1, 0.15) is 122 Å². The van der Waals surface area contributed by atoms with Crippen LogP contribution in [0.3, 0.4) is 0 Å². The Morgan fingerprint density at radius 3 is 0.643 bits per heavy atom. The average Bonchev–Trinajstić information content (AvgIpc) is 0.731. The number of hydrogen-bond donors (Lipinski definition) is 0. The van der Waals surface area contributed by atoms with Crippen molar-refractivity contribution in [3.8, 4) is 77.9 Å². The zero-order valence-electron chi connectivity index (χ0n) is 85.2. The van der Waals surface area contributed by atoms with Crippen molar-refractivity contribution in [1.29, 1.82) is 0 Å². The summed E-state index contributed by atoms with van der Waals surface area (Å²) in [5.41, 5.74) is 22.5. The smallest absolute Gasteiger partial charge is 0.00203 e. The molecule has 24 rings (SSSR count). The molecule has 0 amide bonds. The molecule has 0 bridgehead atoms. The van der Waals surface area contributed by atoms with E-state index in [1.165, 1.54) is 208 Å². The van der Waals surface area contributed by atoms with Crippen molar-refractivity contribution in [3.63, 3.8) is 0 Å². The number of fused-ring (bicyclic) bond motifs is 8. The van der Waals surface area contributed by atoms with Gasteiger partial charge in [-0.3, -0.25) is 0 Å². The molecule has 0 spiro atoms. The Kier molecular flexibility index (Phi) is 32.1. The minimum atomic E-state index is 0.500. The van der Waals surface area contributed by atoms with Crippen molar-refractivity contribution in [2.75, 3.05) is 0 Å². The van der Waals surface area contributed by atoms with Gasteiger partial charge in [0.2, 0.25) is 0 Å². The largest absolute Gasteiger partial charge is 0.0622 e. The van der Waals surface area contributed by atoms with Gasteiger partial charge in [-0.25, -0.2) is 0 Å². The highest BCUT2D eigenvalue weighted by molar-refractivity contribution is 6.29. The van der Waals surface area contributed by atoms with Gasteiger partial charge in [0, 0.05) is 0 Å². The highest BCUT2D eigenvalue weighted by atomic mass is 14.2. The fourth-order valence-corrected chi connectivity index (χ4v) is 17.6. The lowest BCUT2D eigenvalue weighted by atomic mass is 9.87. The zero-order valence-corrected chi connectivity index (χ0v) is 85.2. The van der Waals surface area contributed by atoms with Crippen LogP contribution in [0, 0.1) is 35.5 Å². The molecule has 24 aromatic rings. The van der Waals surface area contributed by atoms with E-state index in [0.717, 1.165) is 0 Å². The fourth-order valence-electron chi connectivity index (χ4n) is 17.6. The standard InChI is InChI=1S/2C28H18.C26H18.C24H16.2C7H8.4C5H12/c2*1-3-7-19(8-4-1)23-15-11-21-14-18-26-24(20-9-5-2-6-10-20)16-12-22-13-17-25(23)27(21)28(22)26;1-3-8-19(9-4-1)22-15-14-21-16-17-25-23(20-10-5-2-6-11-20)12-7-13-24(25)26(21)18-22;1-2-8-17(9-3-1)23-16-24-19-11-5-4-10-18(19)14-15-22(24)20-12-6-7-13-21(20)23;2*1-7-5-3-2-4-6-7;4*1-5(2,3)4/h2*1-18H;1-18H;1-16H;2*2-6H,1H3;4*1-4H3. The van der Waals surface area contributed by atoms with E-state index < -0.39 is 0 Å². The molecule has 694 valence electrons. The van der Waals surface area contributed by atoms with E-state index in [0.29, 0.717) is 21.7 Å². The Bertz CT molecular complexity index is 7540. The molecule has 0 heteroatoms. The third-order valence-electron chi connectivity index (χ3n) is 23.5. The summed E-state index contributed by atoms with van der Waals surface area (Å²) in [5.74, 6) is 0. The lowest BCUT2D eigenvalue weighted by Crippen LogP contribution is -1.93. The van der Waals surface area contributed by atoms with Crippen LogP contribution >= 0.6 is 0 Å². The van der Waals surface area contributed by atoms with Gasteiger partial charge in [-0.1, -0.05) is 595 Å². The molecular formula is C140H134.